The molecule has 0 radical (unpaired) electrons. The third kappa shape index (κ3) is 5.19. The maximum atomic E-state index is 14.5. The number of aromatic nitrogens is 3. The van der Waals surface area contributed by atoms with Crippen LogP contribution in [0.25, 0.3) is 0 Å². The predicted molar refractivity (Wildman–Crippen MR) is 107 cm³/mol. The molecular weight excluding hydrogens is 471 g/mol. The first kappa shape index (κ1) is 25.1. The fraction of sp³-hybridized carbons (Fsp3) is 0.471. The van der Waals surface area contributed by atoms with Gasteiger partial charge in [0.2, 0.25) is 6.23 Å². The Labute approximate surface area is 185 Å². The van der Waals surface area contributed by atoms with Crippen LogP contribution < -0.4 is 16.5 Å². The fourth-order valence-corrected chi connectivity index (χ4v) is 3.93. The molecule has 13 nitrogen and oxygen atoms in total. The molecule has 3 rings (SSSR count). The Kier molecular flexibility index (Phi) is 7.14. The van der Waals surface area contributed by atoms with Crippen LogP contribution in [0.15, 0.2) is 23.3 Å². The summed E-state index contributed by atoms with van der Waals surface area (Å²) in [5.74, 6) is -4.47. The summed E-state index contributed by atoms with van der Waals surface area (Å²) < 4.78 is 51.6. The highest BCUT2D eigenvalue weighted by atomic mass is 31.2. The molecule has 4 atom stereocenters. The van der Waals surface area contributed by atoms with Gasteiger partial charge in [0.05, 0.1) is 18.9 Å². The number of anilines is 1. The van der Waals surface area contributed by atoms with E-state index in [0.29, 0.717) is 4.57 Å². The standard InChI is InChI=1S/C17H22F2N5O8P/c1-8-13(26)10(9(6-25)4-21-8)5-22-33(29,30)31-7-11-14(27)17(18,19)15(32-11)24-3-2-12(20)23-16(24)28/h2-4,11,14-15,25-27H,5-7H2,1H3,(H2,20,23,28)(H2,22,29,30)/t11-,14?,15-/m1/s1. The van der Waals surface area contributed by atoms with Gasteiger partial charge in [0.25, 0.3) is 0 Å². The molecule has 1 saturated heterocycles. The number of hydrogen-bond acceptors (Lipinski definition) is 10. The minimum absolute atomic E-state index is 0.0850. The lowest BCUT2D eigenvalue weighted by Gasteiger charge is -2.20. The highest BCUT2D eigenvalue weighted by molar-refractivity contribution is 7.50. The van der Waals surface area contributed by atoms with Crippen molar-refractivity contribution in [2.24, 2.45) is 0 Å². The molecule has 0 bridgehead atoms. The summed E-state index contributed by atoms with van der Waals surface area (Å²) in [6.45, 7) is -0.406. The van der Waals surface area contributed by atoms with E-state index in [0.717, 1.165) is 12.3 Å². The average Bonchev–Trinajstić information content (AvgIpc) is 2.97. The van der Waals surface area contributed by atoms with Crippen molar-refractivity contribution >= 4 is 13.6 Å². The van der Waals surface area contributed by atoms with Gasteiger partial charge in [-0.2, -0.15) is 13.8 Å². The summed E-state index contributed by atoms with van der Waals surface area (Å²) >= 11 is 0. The van der Waals surface area contributed by atoms with E-state index >= 15 is 0 Å². The highest BCUT2D eigenvalue weighted by Crippen LogP contribution is 2.45. The van der Waals surface area contributed by atoms with Gasteiger partial charge in [-0.15, -0.1) is 0 Å². The molecule has 16 heteroatoms. The van der Waals surface area contributed by atoms with Crippen LogP contribution in [0.5, 0.6) is 5.75 Å². The molecule has 0 saturated carbocycles. The number of nitrogens with two attached hydrogens (primary N) is 1. The minimum atomic E-state index is -4.65. The molecule has 33 heavy (non-hydrogen) atoms. The number of nitrogens with one attached hydrogen (secondary N) is 1. The summed E-state index contributed by atoms with van der Waals surface area (Å²) in [4.78, 5) is 29.0. The topological polar surface area (TPSA) is 202 Å². The van der Waals surface area contributed by atoms with Crippen LogP contribution in [0, 0.1) is 6.92 Å². The van der Waals surface area contributed by atoms with Gasteiger partial charge < -0.3 is 30.7 Å². The molecule has 1 aliphatic heterocycles. The molecule has 0 aromatic carbocycles. The van der Waals surface area contributed by atoms with Crippen LogP contribution in [-0.2, 0) is 27.0 Å². The fourth-order valence-electron chi connectivity index (χ4n) is 3.13. The van der Waals surface area contributed by atoms with E-state index in [1.807, 2.05) is 0 Å². The lowest BCUT2D eigenvalue weighted by Crippen LogP contribution is -2.42. The number of ether oxygens (including phenoxy) is 1. The Morgan fingerprint density at radius 3 is 2.79 bits per heavy atom. The number of hydrogen-bond donors (Lipinski definition) is 6. The largest absolute Gasteiger partial charge is 0.506 e. The molecule has 182 valence electrons. The number of alkyl halides is 2. The lowest BCUT2D eigenvalue weighted by molar-refractivity contribution is -0.140. The number of halogens is 2. The molecule has 0 aliphatic carbocycles. The first-order valence-corrected chi connectivity index (χ1v) is 11.0. The molecule has 0 amide bonds. The zero-order valence-corrected chi connectivity index (χ0v) is 18.0. The van der Waals surface area contributed by atoms with Crippen molar-refractivity contribution in [3.63, 3.8) is 0 Å². The smallest absolute Gasteiger partial charge is 0.403 e. The van der Waals surface area contributed by atoms with Crippen molar-refractivity contribution in [3.8, 4) is 5.75 Å². The van der Waals surface area contributed by atoms with E-state index in [9.17, 15) is 38.4 Å². The summed E-state index contributed by atoms with van der Waals surface area (Å²) in [6, 6.07) is 1.08. The second-order valence-corrected chi connectivity index (χ2v) is 8.81. The molecule has 2 aromatic rings. The Balaban J connectivity index is 1.68. The van der Waals surface area contributed by atoms with Gasteiger partial charge in [-0.1, -0.05) is 0 Å². The summed E-state index contributed by atoms with van der Waals surface area (Å²) in [5, 5.41) is 31.5. The van der Waals surface area contributed by atoms with Crippen LogP contribution in [0.2, 0.25) is 0 Å². The molecule has 0 spiro atoms. The maximum absolute atomic E-state index is 14.5. The van der Waals surface area contributed by atoms with Crippen LogP contribution in [-0.4, -0.2) is 59.5 Å². The van der Waals surface area contributed by atoms with E-state index in [-0.39, 0.29) is 28.4 Å². The summed E-state index contributed by atoms with van der Waals surface area (Å²) in [5.41, 5.74) is 4.67. The van der Waals surface area contributed by atoms with Crippen molar-refractivity contribution in [2.75, 3.05) is 12.3 Å². The van der Waals surface area contributed by atoms with Crippen LogP contribution in [0.4, 0.5) is 14.6 Å². The number of aliphatic hydroxyl groups is 2. The monoisotopic (exact) mass is 493 g/mol. The van der Waals surface area contributed by atoms with Crippen molar-refractivity contribution in [1.82, 2.24) is 19.6 Å². The molecule has 1 fully saturated rings. The quantitative estimate of drug-likeness (QED) is 0.258. The van der Waals surface area contributed by atoms with Crippen LogP contribution >= 0.6 is 7.75 Å². The van der Waals surface area contributed by atoms with Crippen molar-refractivity contribution in [1.29, 1.82) is 0 Å². The highest BCUT2D eigenvalue weighted by Gasteiger charge is 2.60. The number of nitrogen functional groups attached to an aromatic ring is 1. The zero-order valence-electron chi connectivity index (χ0n) is 17.1. The SMILES string of the molecule is Cc1ncc(CO)c(CNP(=O)(O)OC[C@H]2O[C@@H](n3ccc(N)nc3=O)C(F)(F)C2O)c1O. The van der Waals surface area contributed by atoms with E-state index in [2.05, 4.69) is 15.1 Å². The van der Waals surface area contributed by atoms with Crippen molar-refractivity contribution < 1.29 is 42.8 Å². The Bertz CT molecular complexity index is 1130. The molecule has 2 unspecified atom stereocenters. The van der Waals surface area contributed by atoms with Crippen LogP contribution in [0.3, 0.4) is 0 Å². The second-order valence-electron chi connectivity index (χ2n) is 7.19. The Hall–Kier alpha value is -2.52. The number of aromatic hydroxyl groups is 1. The third-order valence-electron chi connectivity index (χ3n) is 4.95. The van der Waals surface area contributed by atoms with Gasteiger partial charge >= 0.3 is 19.4 Å². The molecular formula is C17H22F2N5O8P. The average molecular weight is 493 g/mol. The zero-order chi connectivity index (χ0) is 24.6. The van der Waals surface area contributed by atoms with Gasteiger partial charge in [-0.3, -0.25) is 14.1 Å². The van der Waals surface area contributed by atoms with Crippen molar-refractivity contribution in [2.45, 2.75) is 44.4 Å². The molecule has 7 N–H and O–H groups in total. The summed E-state index contributed by atoms with van der Waals surface area (Å²) in [6.07, 6.45) is -4.31. The Morgan fingerprint density at radius 1 is 1.45 bits per heavy atom. The summed E-state index contributed by atoms with van der Waals surface area (Å²) in [7, 11) is -4.65. The lowest BCUT2D eigenvalue weighted by atomic mass is 10.1. The van der Waals surface area contributed by atoms with Gasteiger partial charge in [0, 0.05) is 30.1 Å². The van der Waals surface area contributed by atoms with E-state index in [1.54, 1.807) is 0 Å². The van der Waals surface area contributed by atoms with Gasteiger partial charge in [-0.05, 0) is 13.0 Å². The van der Waals surface area contributed by atoms with Gasteiger partial charge in [-0.25, -0.2) is 14.4 Å². The van der Waals surface area contributed by atoms with Gasteiger partial charge in [0.15, 0.2) is 6.10 Å². The molecule has 3 heterocycles. The second kappa shape index (κ2) is 9.38. The number of aliphatic hydroxyl groups excluding tert-OH is 2. The van der Waals surface area contributed by atoms with Crippen LogP contribution in [0.1, 0.15) is 23.0 Å². The van der Waals surface area contributed by atoms with E-state index < -0.39 is 57.6 Å². The Morgan fingerprint density at radius 2 is 2.15 bits per heavy atom. The van der Waals surface area contributed by atoms with E-state index in [4.69, 9.17) is 15.0 Å². The van der Waals surface area contributed by atoms with E-state index in [1.165, 1.54) is 13.1 Å². The molecule has 2 aromatic heterocycles. The third-order valence-corrected chi connectivity index (χ3v) is 6.01. The first-order chi connectivity index (χ1) is 15.4. The number of rotatable bonds is 8. The predicted octanol–water partition coefficient (Wildman–Crippen LogP) is -0.473. The minimum Gasteiger partial charge on any atom is -0.506 e. The maximum Gasteiger partial charge on any atom is 0.403 e. The van der Waals surface area contributed by atoms with Crippen molar-refractivity contribution in [3.05, 3.63) is 45.8 Å². The first-order valence-electron chi connectivity index (χ1n) is 9.43. The van der Waals surface area contributed by atoms with Gasteiger partial charge in [0.1, 0.15) is 17.7 Å². The number of pyridine rings is 1. The number of nitrogens with zero attached hydrogens (tertiary/aromatic N) is 3. The number of aryl methyl sites for hydroxylation is 1. The molecule has 1 aliphatic rings. The normalized spacial score (nSPS) is 24.0.